The molecular weight excluding hydrogens is 313 g/mol. The first-order valence-electron chi connectivity index (χ1n) is 6.84. The van der Waals surface area contributed by atoms with Crippen LogP contribution in [0.25, 0.3) is 27.4 Å². The molecule has 2 heterocycles. The number of aromatic nitrogens is 2. The number of rotatable bonds is 1. The summed E-state index contributed by atoms with van der Waals surface area (Å²) in [6, 6.07) is 15.9. The zero-order chi connectivity index (χ0) is 15.1. The van der Waals surface area contributed by atoms with Crippen molar-refractivity contribution < 1.29 is 29.6 Å². The van der Waals surface area contributed by atoms with Gasteiger partial charge in [0, 0.05) is 17.0 Å². The Morgan fingerprint density at radius 1 is 1.00 bits per heavy atom. The van der Waals surface area contributed by atoms with Crippen molar-refractivity contribution in [3.05, 3.63) is 66.6 Å². The first-order chi connectivity index (χ1) is 10.8. The van der Waals surface area contributed by atoms with Gasteiger partial charge in [-0.1, -0.05) is 24.3 Å². The summed E-state index contributed by atoms with van der Waals surface area (Å²) in [6.07, 6.45) is 5.51. The van der Waals surface area contributed by atoms with E-state index in [2.05, 4.69) is 11.1 Å². The van der Waals surface area contributed by atoms with Gasteiger partial charge in [-0.25, -0.2) is 0 Å². The molecule has 4 rings (SSSR count). The summed E-state index contributed by atoms with van der Waals surface area (Å²) in [5, 5.41) is 12.3. The Morgan fingerprint density at radius 3 is 2.57 bits per heavy atom. The van der Waals surface area contributed by atoms with E-state index in [1.165, 1.54) is 0 Å². The third-order valence-corrected chi connectivity index (χ3v) is 4.18. The van der Waals surface area contributed by atoms with Crippen LogP contribution in [-0.2, 0) is 12.6 Å². The van der Waals surface area contributed by atoms with Gasteiger partial charge in [0.2, 0.25) is 0 Å². The van der Waals surface area contributed by atoms with E-state index < -0.39 is 0 Å². The molecule has 3 nitrogen and oxygen atoms in total. The molecule has 0 aliphatic rings. The molecule has 23 heavy (non-hydrogen) atoms. The fraction of sp³-hybridized carbons (Fsp3) is 0. The summed E-state index contributed by atoms with van der Waals surface area (Å²) >= 11 is 5.44. The maximum absolute atomic E-state index is 9.29. The molecule has 0 spiro atoms. The second-order valence-corrected chi connectivity index (χ2v) is 5.49. The molecule has 0 N–H and O–H groups in total. The van der Waals surface area contributed by atoms with E-state index in [9.17, 15) is 5.26 Å². The second kappa shape index (κ2) is 6.31. The summed E-state index contributed by atoms with van der Waals surface area (Å²) in [4.78, 5) is 5.00. The molecule has 0 unspecified atom stereocenters. The largest absolute Gasteiger partial charge is 1.00 e. The predicted octanol–water partition coefficient (Wildman–Crippen LogP) is 0.960. The van der Waals surface area contributed by atoms with Crippen molar-refractivity contribution in [2.75, 3.05) is 0 Å². The molecule has 0 saturated carbocycles. The molecule has 0 aliphatic carbocycles. The van der Waals surface area contributed by atoms with Gasteiger partial charge in [-0.05, 0) is 29.8 Å². The molecule has 2 aromatic carbocycles. The second-order valence-electron chi connectivity index (χ2n) is 5.05. The minimum absolute atomic E-state index is 0. The van der Waals surface area contributed by atoms with Gasteiger partial charge in [0.25, 0.3) is 0 Å². The molecule has 0 radical (unpaired) electrons. The van der Waals surface area contributed by atoms with E-state index in [0.29, 0.717) is 5.56 Å². The minimum Gasteiger partial charge on any atom is -0.778 e. The maximum Gasteiger partial charge on any atom is 1.00 e. The first-order valence-corrected chi connectivity index (χ1v) is 7.25. The predicted molar refractivity (Wildman–Crippen MR) is 88.9 cm³/mol. The topological polar surface area (TPSA) is 41.6 Å². The molecule has 4 aromatic rings. The van der Waals surface area contributed by atoms with Crippen molar-refractivity contribution in [2.45, 2.75) is 4.90 Å². The van der Waals surface area contributed by atoms with Gasteiger partial charge in [0.15, 0.2) is 0 Å². The number of hydrogen-bond donors (Lipinski definition) is 0. The van der Waals surface area contributed by atoms with Gasteiger partial charge >= 0.3 is 29.6 Å². The van der Waals surface area contributed by atoms with Crippen molar-refractivity contribution in [1.29, 1.82) is 5.26 Å². The summed E-state index contributed by atoms with van der Waals surface area (Å²) in [7, 11) is 0. The van der Waals surface area contributed by atoms with Crippen LogP contribution in [0.4, 0.5) is 0 Å². The van der Waals surface area contributed by atoms with Crippen molar-refractivity contribution in [3.8, 4) is 11.8 Å². The van der Waals surface area contributed by atoms with Crippen molar-refractivity contribution in [3.63, 3.8) is 0 Å². The molecular formula is C18H10N3NaS. The monoisotopic (exact) mass is 323 g/mol. The summed E-state index contributed by atoms with van der Waals surface area (Å²) < 4.78 is 2.05. The average Bonchev–Trinajstić information content (AvgIpc) is 2.91. The van der Waals surface area contributed by atoms with Crippen LogP contribution in [0.2, 0.25) is 0 Å². The molecule has 0 aliphatic heterocycles. The fourth-order valence-corrected chi connectivity index (χ4v) is 3.11. The number of fused-ring (bicyclic) bond motifs is 2. The zero-order valence-corrected chi connectivity index (χ0v) is 15.3. The molecule has 5 heteroatoms. The third kappa shape index (κ3) is 2.52. The number of nitriles is 1. The Labute approximate surface area is 161 Å². The van der Waals surface area contributed by atoms with E-state index in [4.69, 9.17) is 12.6 Å². The molecule has 0 fully saturated rings. The van der Waals surface area contributed by atoms with Gasteiger partial charge in [0.05, 0.1) is 29.0 Å². The van der Waals surface area contributed by atoms with Crippen LogP contribution >= 0.6 is 0 Å². The Morgan fingerprint density at radius 2 is 1.78 bits per heavy atom. The van der Waals surface area contributed by atoms with Crippen LogP contribution < -0.4 is 29.6 Å². The molecule has 0 saturated heterocycles. The van der Waals surface area contributed by atoms with Gasteiger partial charge in [-0.3, -0.25) is 4.98 Å². The Balaban J connectivity index is 0.00000156. The van der Waals surface area contributed by atoms with E-state index in [1.807, 2.05) is 59.4 Å². The smallest absolute Gasteiger partial charge is 0.778 e. The third-order valence-electron chi connectivity index (χ3n) is 3.85. The Kier molecular flexibility index (Phi) is 4.38. The molecule has 104 valence electrons. The SMILES string of the molecule is N#Cc1ccc(-n2cc([S-])c3ccncc32)c2ccccc12.[Na+]. The van der Waals surface area contributed by atoms with Crippen LogP contribution in [0, 0.1) is 11.3 Å². The Bertz CT molecular complexity index is 1060. The minimum atomic E-state index is 0. The fourth-order valence-electron chi connectivity index (χ4n) is 2.83. The van der Waals surface area contributed by atoms with Gasteiger partial charge in [0.1, 0.15) is 0 Å². The normalized spacial score (nSPS) is 10.4. The summed E-state index contributed by atoms with van der Waals surface area (Å²) in [6.45, 7) is 0. The van der Waals surface area contributed by atoms with Crippen LogP contribution in [0.3, 0.4) is 0 Å². The van der Waals surface area contributed by atoms with Crippen LogP contribution in [0.15, 0.2) is 66.0 Å². The number of pyridine rings is 1. The van der Waals surface area contributed by atoms with Crippen LogP contribution in [0.5, 0.6) is 0 Å². The number of nitrogens with zero attached hydrogens (tertiary/aromatic N) is 3. The molecule has 0 amide bonds. The van der Waals surface area contributed by atoms with Crippen molar-refractivity contribution >= 4 is 34.3 Å². The quantitative estimate of drug-likeness (QED) is 0.387. The van der Waals surface area contributed by atoms with Crippen molar-refractivity contribution in [2.24, 2.45) is 0 Å². The van der Waals surface area contributed by atoms with E-state index in [-0.39, 0.29) is 29.6 Å². The molecule has 0 atom stereocenters. The van der Waals surface area contributed by atoms with E-state index >= 15 is 0 Å². The van der Waals surface area contributed by atoms with Crippen LogP contribution in [0.1, 0.15) is 5.56 Å². The molecule has 2 aromatic heterocycles. The average molecular weight is 323 g/mol. The maximum atomic E-state index is 9.29. The standard InChI is InChI=1S/C18H11N3S.Na/c19-9-12-5-6-16(14-4-2-1-3-13(12)14)21-11-18(22)15-7-8-20-10-17(15)21;/h1-8,10-11,22H;/q;+1/p-1. The van der Waals surface area contributed by atoms with Crippen LogP contribution in [-0.4, -0.2) is 9.55 Å². The van der Waals surface area contributed by atoms with Gasteiger partial charge in [-0.2, -0.15) is 5.26 Å². The number of benzene rings is 2. The zero-order valence-electron chi connectivity index (χ0n) is 12.5. The van der Waals surface area contributed by atoms with Gasteiger partial charge < -0.3 is 17.2 Å². The van der Waals surface area contributed by atoms with Gasteiger partial charge in [-0.15, -0.1) is 4.90 Å². The number of hydrogen-bond acceptors (Lipinski definition) is 3. The Hall–Kier alpha value is -1.90. The first kappa shape index (κ1) is 16.0. The van der Waals surface area contributed by atoms with E-state index in [0.717, 1.165) is 32.3 Å². The van der Waals surface area contributed by atoms with E-state index in [1.54, 1.807) is 6.20 Å². The molecule has 0 bridgehead atoms. The summed E-state index contributed by atoms with van der Waals surface area (Å²) in [5.74, 6) is 0. The summed E-state index contributed by atoms with van der Waals surface area (Å²) in [5.41, 5.74) is 2.65. The van der Waals surface area contributed by atoms with Crippen molar-refractivity contribution in [1.82, 2.24) is 9.55 Å².